The second kappa shape index (κ2) is 8.45. The van der Waals surface area contributed by atoms with Crippen molar-refractivity contribution in [2.24, 2.45) is 0 Å². The predicted octanol–water partition coefficient (Wildman–Crippen LogP) is 5.04. The summed E-state index contributed by atoms with van der Waals surface area (Å²) >= 11 is 0. The molecule has 0 saturated heterocycles. The van der Waals surface area contributed by atoms with E-state index < -0.39 is 0 Å². The van der Waals surface area contributed by atoms with Crippen LogP contribution in [0.3, 0.4) is 0 Å². The largest absolute Gasteiger partial charge is 0.489 e. The quantitative estimate of drug-likeness (QED) is 0.467. The fourth-order valence-electron chi connectivity index (χ4n) is 3.33. The maximum Gasteiger partial charge on any atom is 0.224 e. The van der Waals surface area contributed by atoms with Crippen LogP contribution in [-0.2, 0) is 17.8 Å². The van der Waals surface area contributed by atoms with Crippen molar-refractivity contribution in [3.63, 3.8) is 0 Å². The van der Waals surface area contributed by atoms with Crippen LogP contribution < -0.4 is 10.1 Å². The molecule has 0 aliphatic rings. The van der Waals surface area contributed by atoms with E-state index in [2.05, 4.69) is 10.5 Å². The summed E-state index contributed by atoms with van der Waals surface area (Å²) in [4.78, 5) is 12.5. The Morgan fingerprint density at radius 1 is 1.13 bits per heavy atom. The lowest BCUT2D eigenvalue weighted by molar-refractivity contribution is -0.121. The molecular weight excluding hydrogens is 380 g/mol. The number of nitrogens with zero attached hydrogens (tertiary/aromatic N) is 1. The summed E-state index contributed by atoms with van der Waals surface area (Å²) in [5, 5.41) is 7.95. The number of amides is 1. The number of hydrogen-bond donors (Lipinski definition) is 1. The van der Waals surface area contributed by atoms with Crippen molar-refractivity contribution in [1.82, 2.24) is 10.5 Å². The van der Waals surface area contributed by atoms with E-state index in [1.807, 2.05) is 75.4 Å². The Balaban J connectivity index is 1.32. The van der Waals surface area contributed by atoms with Crippen LogP contribution in [0.5, 0.6) is 5.75 Å². The van der Waals surface area contributed by atoms with Crippen LogP contribution in [0.15, 0.2) is 63.5 Å². The van der Waals surface area contributed by atoms with Gasteiger partial charge >= 0.3 is 0 Å². The molecule has 4 rings (SSSR count). The summed E-state index contributed by atoms with van der Waals surface area (Å²) < 4.78 is 16.8. The van der Waals surface area contributed by atoms with Crippen molar-refractivity contribution in [3.05, 3.63) is 82.9 Å². The smallest absolute Gasteiger partial charge is 0.224 e. The van der Waals surface area contributed by atoms with E-state index >= 15 is 0 Å². The van der Waals surface area contributed by atoms with Gasteiger partial charge in [0.15, 0.2) is 0 Å². The van der Waals surface area contributed by atoms with E-state index in [0.717, 1.165) is 45.1 Å². The van der Waals surface area contributed by atoms with Crippen LogP contribution in [-0.4, -0.2) is 11.1 Å². The molecular formula is C24H24N2O4. The molecule has 6 nitrogen and oxygen atoms in total. The van der Waals surface area contributed by atoms with Gasteiger partial charge in [-0.1, -0.05) is 35.5 Å². The van der Waals surface area contributed by atoms with Gasteiger partial charge in [-0.25, -0.2) is 0 Å². The number of para-hydroxylation sites is 1. The lowest BCUT2D eigenvalue weighted by Crippen LogP contribution is -2.27. The van der Waals surface area contributed by atoms with E-state index in [-0.39, 0.29) is 18.4 Å². The van der Waals surface area contributed by atoms with Crippen LogP contribution in [0.2, 0.25) is 0 Å². The highest BCUT2D eigenvalue weighted by molar-refractivity contribution is 5.80. The minimum absolute atomic E-state index is 0.0626. The summed E-state index contributed by atoms with van der Waals surface area (Å²) in [6, 6.07) is 17.1. The average molecular weight is 404 g/mol. The van der Waals surface area contributed by atoms with E-state index in [0.29, 0.717) is 6.61 Å². The van der Waals surface area contributed by atoms with E-state index in [1.54, 1.807) is 0 Å². The molecule has 0 saturated carbocycles. The van der Waals surface area contributed by atoms with Gasteiger partial charge in [0.25, 0.3) is 0 Å². The number of carbonyl (C=O) groups excluding carboxylic acids is 1. The summed E-state index contributed by atoms with van der Waals surface area (Å²) in [5.74, 6) is 2.18. The molecule has 0 radical (unpaired) electrons. The van der Waals surface area contributed by atoms with E-state index in [4.69, 9.17) is 13.7 Å². The molecule has 30 heavy (non-hydrogen) atoms. The minimum Gasteiger partial charge on any atom is -0.489 e. The van der Waals surface area contributed by atoms with Crippen LogP contribution in [0.1, 0.15) is 41.3 Å². The number of ether oxygens (including phenoxy) is 1. The number of nitrogens with one attached hydrogen (secondary N) is 1. The molecule has 6 heteroatoms. The van der Waals surface area contributed by atoms with Crippen LogP contribution in [0, 0.1) is 13.8 Å². The second-order valence-corrected chi connectivity index (χ2v) is 7.39. The fourth-order valence-corrected chi connectivity index (χ4v) is 3.33. The van der Waals surface area contributed by atoms with Crippen molar-refractivity contribution < 1.29 is 18.5 Å². The maximum absolute atomic E-state index is 12.5. The SMILES string of the molecule is Cc1noc(C)c1COc1ccc(CC(=O)NC(C)c2cc3ccccc3o2)cc1. The summed E-state index contributed by atoms with van der Waals surface area (Å²) in [6.45, 7) is 6.08. The molecule has 1 unspecified atom stereocenters. The second-order valence-electron chi connectivity index (χ2n) is 7.39. The Morgan fingerprint density at radius 2 is 1.90 bits per heavy atom. The monoisotopic (exact) mass is 404 g/mol. The third-order valence-corrected chi connectivity index (χ3v) is 5.10. The standard InChI is InChI=1S/C24H24N2O4/c1-15-21(17(3)30-26-15)14-28-20-10-8-18(9-11-20)12-24(27)25-16(2)23-13-19-6-4-5-7-22(19)29-23/h4-11,13,16H,12,14H2,1-3H3,(H,25,27). The van der Waals surface area contributed by atoms with Crippen molar-refractivity contribution in [3.8, 4) is 5.75 Å². The first-order valence-electron chi connectivity index (χ1n) is 9.91. The normalized spacial score (nSPS) is 12.1. The molecule has 0 aliphatic heterocycles. The molecule has 0 bridgehead atoms. The number of hydrogen-bond acceptors (Lipinski definition) is 5. The lowest BCUT2D eigenvalue weighted by Gasteiger charge is -2.12. The predicted molar refractivity (Wildman–Crippen MR) is 113 cm³/mol. The van der Waals surface area contributed by atoms with Crippen LogP contribution >= 0.6 is 0 Å². The van der Waals surface area contributed by atoms with Gasteiger partial charge in [0.05, 0.1) is 23.7 Å². The van der Waals surface area contributed by atoms with Crippen molar-refractivity contribution in [1.29, 1.82) is 0 Å². The summed E-state index contributed by atoms with van der Waals surface area (Å²) in [6.07, 6.45) is 0.286. The van der Waals surface area contributed by atoms with Gasteiger partial charge in [-0.05, 0) is 50.6 Å². The Bertz CT molecular complexity index is 1110. The molecule has 0 aliphatic carbocycles. The van der Waals surface area contributed by atoms with Crippen LogP contribution in [0.25, 0.3) is 11.0 Å². The Hall–Kier alpha value is -3.54. The molecule has 1 atom stereocenters. The Kier molecular flexibility index (Phi) is 5.57. The van der Waals surface area contributed by atoms with E-state index in [9.17, 15) is 4.79 Å². The number of carbonyl (C=O) groups is 1. The molecule has 154 valence electrons. The highest BCUT2D eigenvalue weighted by Crippen LogP contribution is 2.24. The topological polar surface area (TPSA) is 77.5 Å². The van der Waals surface area contributed by atoms with Crippen molar-refractivity contribution in [2.45, 2.75) is 39.8 Å². The van der Waals surface area contributed by atoms with Crippen LogP contribution in [0.4, 0.5) is 0 Å². The molecule has 2 aromatic heterocycles. The maximum atomic E-state index is 12.5. The number of furan rings is 1. The van der Waals surface area contributed by atoms with E-state index in [1.165, 1.54) is 0 Å². The highest BCUT2D eigenvalue weighted by Gasteiger charge is 2.15. The molecule has 0 spiro atoms. The summed E-state index contributed by atoms with van der Waals surface area (Å²) in [7, 11) is 0. The van der Waals surface area contributed by atoms with Gasteiger partial charge in [0.2, 0.25) is 5.91 Å². The zero-order valence-corrected chi connectivity index (χ0v) is 17.3. The van der Waals surface area contributed by atoms with Gasteiger partial charge < -0.3 is 19.0 Å². The minimum atomic E-state index is -0.206. The zero-order chi connectivity index (χ0) is 21.1. The van der Waals surface area contributed by atoms with Crippen molar-refractivity contribution >= 4 is 16.9 Å². The third-order valence-electron chi connectivity index (χ3n) is 5.10. The average Bonchev–Trinajstić information content (AvgIpc) is 3.31. The molecule has 2 aromatic carbocycles. The fraction of sp³-hybridized carbons (Fsp3) is 0.250. The lowest BCUT2D eigenvalue weighted by atomic mass is 10.1. The molecule has 4 aromatic rings. The van der Waals surface area contributed by atoms with Crippen molar-refractivity contribution in [2.75, 3.05) is 0 Å². The Labute approximate surface area is 174 Å². The first-order chi connectivity index (χ1) is 14.5. The molecule has 1 amide bonds. The van der Waals surface area contributed by atoms with Gasteiger partial charge in [0.1, 0.15) is 29.5 Å². The number of aromatic nitrogens is 1. The number of benzene rings is 2. The first kappa shape index (κ1) is 19.8. The van der Waals surface area contributed by atoms with Gasteiger partial charge in [-0.3, -0.25) is 4.79 Å². The summed E-state index contributed by atoms with van der Waals surface area (Å²) in [5.41, 5.74) is 3.52. The van der Waals surface area contributed by atoms with Gasteiger partial charge in [0, 0.05) is 5.39 Å². The van der Waals surface area contributed by atoms with Gasteiger partial charge in [-0.15, -0.1) is 0 Å². The first-order valence-corrected chi connectivity index (χ1v) is 9.91. The van der Waals surface area contributed by atoms with Gasteiger partial charge in [-0.2, -0.15) is 0 Å². The number of fused-ring (bicyclic) bond motifs is 1. The number of aryl methyl sites for hydroxylation is 2. The molecule has 2 heterocycles. The third kappa shape index (κ3) is 4.38. The molecule has 1 N–H and O–H groups in total. The molecule has 0 fully saturated rings. The highest BCUT2D eigenvalue weighted by atomic mass is 16.5. The Morgan fingerprint density at radius 3 is 2.60 bits per heavy atom. The number of rotatable bonds is 7. The zero-order valence-electron chi connectivity index (χ0n) is 17.3.